The van der Waals surface area contributed by atoms with Gasteiger partial charge in [-0.3, -0.25) is 0 Å². The molecule has 2 aromatic rings. The Balaban J connectivity index is 2.18. The summed E-state index contributed by atoms with van der Waals surface area (Å²) in [5.41, 5.74) is 4.03. The second-order valence-electron chi connectivity index (χ2n) is 4.24. The summed E-state index contributed by atoms with van der Waals surface area (Å²) in [6.07, 6.45) is 4.35. The molecule has 3 heterocycles. The van der Waals surface area contributed by atoms with Crippen LogP contribution in [0.4, 0.5) is 5.69 Å². The maximum atomic E-state index is 4.58. The molecule has 1 saturated heterocycles. The lowest BCUT2D eigenvalue weighted by Gasteiger charge is -2.17. The summed E-state index contributed by atoms with van der Waals surface area (Å²) in [5, 5.41) is 8.17. The molecule has 16 heavy (non-hydrogen) atoms. The zero-order valence-corrected chi connectivity index (χ0v) is 9.35. The number of aromatic nitrogens is 3. The van der Waals surface area contributed by atoms with Crippen LogP contribution in [-0.2, 0) is 0 Å². The zero-order valence-electron chi connectivity index (χ0n) is 9.35. The molecular formula is C12H14N4. The molecule has 0 spiro atoms. The van der Waals surface area contributed by atoms with E-state index in [2.05, 4.69) is 20.1 Å². The molecule has 0 bridgehead atoms. The van der Waals surface area contributed by atoms with Crippen LogP contribution in [0.25, 0.3) is 11.0 Å². The number of anilines is 1. The van der Waals surface area contributed by atoms with E-state index in [1.165, 1.54) is 12.8 Å². The predicted molar refractivity (Wildman–Crippen MR) is 63.5 cm³/mol. The highest BCUT2D eigenvalue weighted by molar-refractivity contribution is 5.87. The topological polar surface area (TPSA) is 41.9 Å². The minimum Gasteiger partial charge on any atom is -0.368 e. The van der Waals surface area contributed by atoms with Crippen LogP contribution in [0.5, 0.6) is 0 Å². The van der Waals surface area contributed by atoms with E-state index in [-0.39, 0.29) is 0 Å². The highest BCUT2D eigenvalue weighted by atomic mass is 15.2. The average Bonchev–Trinajstić information content (AvgIpc) is 2.81. The first-order chi connectivity index (χ1) is 7.84. The maximum absolute atomic E-state index is 4.58. The van der Waals surface area contributed by atoms with Crippen molar-refractivity contribution in [2.45, 2.75) is 19.8 Å². The SMILES string of the molecule is Cc1ccc2nncc(N3CCCC3)c2n1. The van der Waals surface area contributed by atoms with Crippen LogP contribution in [-0.4, -0.2) is 28.3 Å². The summed E-state index contributed by atoms with van der Waals surface area (Å²) in [6.45, 7) is 4.22. The second kappa shape index (κ2) is 3.70. The van der Waals surface area contributed by atoms with Crippen LogP contribution in [0.2, 0.25) is 0 Å². The Hall–Kier alpha value is -1.71. The molecule has 4 nitrogen and oxygen atoms in total. The molecule has 82 valence electrons. The van der Waals surface area contributed by atoms with E-state index in [4.69, 9.17) is 0 Å². The predicted octanol–water partition coefficient (Wildman–Crippen LogP) is 1.93. The Morgan fingerprint density at radius 3 is 2.81 bits per heavy atom. The summed E-state index contributed by atoms with van der Waals surface area (Å²) in [4.78, 5) is 6.93. The van der Waals surface area contributed by atoms with Crippen molar-refractivity contribution in [2.24, 2.45) is 0 Å². The Kier molecular flexibility index (Phi) is 2.20. The number of fused-ring (bicyclic) bond motifs is 1. The van der Waals surface area contributed by atoms with E-state index in [1.807, 2.05) is 25.3 Å². The van der Waals surface area contributed by atoms with Crippen LogP contribution in [0, 0.1) is 6.92 Å². The number of rotatable bonds is 1. The number of aryl methyl sites for hydroxylation is 1. The average molecular weight is 214 g/mol. The molecule has 3 rings (SSSR count). The summed E-state index contributed by atoms with van der Waals surface area (Å²) >= 11 is 0. The van der Waals surface area contributed by atoms with Crippen molar-refractivity contribution in [1.82, 2.24) is 15.2 Å². The van der Waals surface area contributed by atoms with Crippen molar-refractivity contribution in [3.63, 3.8) is 0 Å². The van der Waals surface area contributed by atoms with E-state index >= 15 is 0 Å². The smallest absolute Gasteiger partial charge is 0.116 e. The van der Waals surface area contributed by atoms with Gasteiger partial charge in [0.15, 0.2) is 0 Å². The van der Waals surface area contributed by atoms with Crippen molar-refractivity contribution < 1.29 is 0 Å². The molecule has 1 aliphatic rings. The van der Waals surface area contributed by atoms with Gasteiger partial charge in [0.05, 0.1) is 11.9 Å². The van der Waals surface area contributed by atoms with Gasteiger partial charge in [0, 0.05) is 18.8 Å². The molecule has 0 aliphatic carbocycles. The molecule has 0 unspecified atom stereocenters. The molecule has 2 aromatic heterocycles. The monoisotopic (exact) mass is 214 g/mol. The van der Waals surface area contributed by atoms with Gasteiger partial charge in [-0.2, -0.15) is 5.10 Å². The van der Waals surface area contributed by atoms with Gasteiger partial charge in [-0.25, -0.2) is 4.98 Å². The largest absolute Gasteiger partial charge is 0.368 e. The first kappa shape index (κ1) is 9.51. The second-order valence-corrected chi connectivity index (χ2v) is 4.24. The Morgan fingerprint density at radius 1 is 1.19 bits per heavy atom. The van der Waals surface area contributed by atoms with Gasteiger partial charge in [0.25, 0.3) is 0 Å². The van der Waals surface area contributed by atoms with Crippen LogP contribution in [0.3, 0.4) is 0 Å². The zero-order chi connectivity index (χ0) is 11.0. The summed E-state index contributed by atoms with van der Waals surface area (Å²) in [6, 6.07) is 3.97. The van der Waals surface area contributed by atoms with E-state index in [1.54, 1.807) is 0 Å². The molecule has 0 amide bonds. The number of nitrogens with zero attached hydrogens (tertiary/aromatic N) is 4. The Bertz CT molecular complexity index is 517. The fourth-order valence-corrected chi connectivity index (χ4v) is 2.21. The number of hydrogen-bond acceptors (Lipinski definition) is 4. The van der Waals surface area contributed by atoms with Crippen LogP contribution in [0.1, 0.15) is 18.5 Å². The normalized spacial score (nSPS) is 15.9. The van der Waals surface area contributed by atoms with Gasteiger partial charge in [-0.05, 0) is 31.9 Å². The standard InChI is InChI=1S/C12H14N4/c1-9-4-5-10-12(14-9)11(8-13-15-10)16-6-2-3-7-16/h4-5,8H,2-3,6-7H2,1H3. The molecule has 1 fully saturated rings. The van der Waals surface area contributed by atoms with Crippen molar-refractivity contribution in [1.29, 1.82) is 0 Å². The molecule has 0 N–H and O–H groups in total. The maximum Gasteiger partial charge on any atom is 0.116 e. The molecule has 0 radical (unpaired) electrons. The fourth-order valence-electron chi connectivity index (χ4n) is 2.21. The van der Waals surface area contributed by atoms with Gasteiger partial charge in [0.1, 0.15) is 11.0 Å². The van der Waals surface area contributed by atoms with Crippen LogP contribution < -0.4 is 4.90 Å². The lowest BCUT2D eigenvalue weighted by molar-refractivity contribution is 0.949. The van der Waals surface area contributed by atoms with Gasteiger partial charge in [-0.15, -0.1) is 5.10 Å². The lowest BCUT2D eigenvalue weighted by Crippen LogP contribution is -2.18. The van der Waals surface area contributed by atoms with Crippen LogP contribution >= 0.6 is 0 Å². The molecule has 4 heteroatoms. The highest BCUT2D eigenvalue weighted by Crippen LogP contribution is 2.25. The highest BCUT2D eigenvalue weighted by Gasteiger charge is 2.16. The Morgan fingerprint density at radius 2 is 2.00 bits per heavy atom. The first-order valence-electron chi connectivity index (χ1n) is 5.68. The van der Waals surface area contributed by atoms with E-state index < -0.39 is 0 Å². The first-order valence-corrected chi connectivity index (χ1v) is 5.68. The van der Waals surface area contributed by atoms with E-state index in [0.717, 1.165) is 35.5 Å². The van der Waals surface area contributed by atoms with Gasteiger partial charge >= 0.3 is 0 Å². The third-order valence-corrected chi connectivity index (χ3v) is 3.05. The minimum absolute atomic E-state index is 0.884. The molecule has 1 aliphatic heterocycles. The minimum atomic E-state index is 0.884. The molecule has 0 atom stereocenters. The fraction of sp³-hybridized carbons (Fsp3) is 0.417. The van der Waals surface area contributed by atoms with E-state index in [9.17, 15) is 0 Å². The van der Waals surface area contributed by atoms with E-state index in [0.29, 0.717) is 0 Å². The Labute approximate surface area is 94.3 Å². The quantitative estimate of drug-likeness (QED) is 0.727. The summed E-state index contributed by atoms with van der Waals surface area (Å²) < 4.78 is 0. The molecular weight excluding hydrogens is 200 g/mol. The number of pyridine rings is 1. The van der Waals surface area contributed by atoms with Crippen molar-refractivity contribution in [3.8, 4) is 0 Å². The van der Waals surface area contributed by atoms with Crippen LogP contribution in [0.15, 0.2) is 18.3 Å². The van der Waals surface area contributed by atoms with Crippen molar-refractivity contribution >= 4 is 16.7 Å². The molecule has 0 aromatic carbocycles. The van der Waals surface area contributed by atoms with Crippen molar-refractivity contribution in [2.75, 3.05) is 18.0 Å². The summed E-state index contributed by atoms with van der Waals surface area (Å²) in [5.74, 6) is 0. The van der Waals surface area contributed by atoms with Gasteiger partial charge < -0.3 is 4.90 Å². The number of hydrogen-bond donors (Lipinski definition) is 0. The third kappa shape index (κ3) is 1.50. The lowest BCUT2D eigenvalue weighted by atomic mass is 10.2. The van der Waals surface area contributed by atoms with Crippen molar-refractivity contribution in [3.05, 3.63) is 24.0 Å². The summed E-state index contributed by atoms with van der Waals surface area (Å²) in [7, 11) is 0. The van der Waals surface area contributed by atoms with Gasteiger partial charge in [-0.1, -0.05) is 0 Å². The third-order valence-electron chi connectivity index (χ3n) is 3.05. The van der Waals surface area contributed by atoms with Gasteiger partial charge in [0.2, 0.25) is 0 Å². The molecule has 0 saturated carbocycles.